The van der Waals surface area contributed by atoms with E-state index >= 15 is 0 Å². The van der Waals surface area contributed by atoms with Crippen molar-refractivity contribution in [2.45, 2.75) is 25.4 Å². The molecule has 0 aliphatic carbocycles. The van der Waals surface area contributed by atoms with Gasteiger partial charge in [0.1, 0.15) is 11.5 Å². The molecule has 2 N–H and O–H groups in total. The lowest BCUT2D eigenvalue weighted by atomic mass is 10.0. The van der Waals surface area contributed by atoms with E-state index in [1.165, 1.54) is 16.5 Å². The number of ether oxygens (including phenoxy) is 2. The highest BCUT2D eigenvalue weighted by Crippen LogP contribution is 2.31. The van der Waals surface area contributed by atoms with Gasteiger partial charge >= 0.3 is 0 Å². The smallest absolute Gasteiger partial charge is 0.142 e. The van der Waals surface area contributed by atoms with Gasteiger partial charge in [-0.2, -0.15) is 0 Å². The van der Waals surface area contributed by atoms with Crippen molar-refractivity contribution in [2.75, 3.05) is 32.6 Å². The molecule has 1 fully saturated rings. The van der Waals surface area contributed by atoms with Crippen LogP contribution in [0.15, 0.2) is 48.7 Å². The van der Waals surface area contributed by atoms with Crippen LogP contribution in [0.1, 0.15) is 18.4 Å². The molecule has 1 aromatic heterocycles. The van der Waals surface area contributed by atoms with E-state index in [0.717, 1.165) is 49.7 Å². The molecule has 2 aromatic carbocycles. The number of hydrogen-bond donors (Lipinski definition) is 2. The number of aromatic nitrogens is 1. The van der Waals surface area contributed by atoms with Crippen molar-refractivity contribution in [3.05, 3.63) is 54.2 Å². The molecule has 27 heavy (non-hydrogen) atoms. The number of nitrogens with zero attached hydrogens (tertiary/aromatic N) is 1. The van der Waals surface area contributed by atoms with E-state index in [9.17, 15) is 0 Å². The van der Waals surface area contributed by atoms with Gasteiger partial charge in [-0.15, -0.1) is 0 Å². The summed E-state index contributed by atoms with van der Waals surface area (Å²) in [5, 5.41) is 4.98. The molecule has 0 radical (unpaired) electrons. The number of fused-ring (bicyclic) bond motifs is 1. The van der Waals surface area contributed by atoms with Crippen molar-refractivity contribution < 1.29 is 9.47 Å². The van der Waals surface area contributed by atoms with Gasteiger partial charge in [-0.3, -0.25) is 4.90 Å². The quantitative estimate of drug-likeness (QED) is 0.685. The normalized spacial score (nSPS) is 15.8. The molecule has 1 aliphatic heterocycles. The average Bonchev–Trinajstić information content (AvgIpc) is 3.12. The maximum atomic E-state index is 5.49. The molecular formula is C22H27N3O2. The lowest BCUT2D eigenvalue weighted by Crippen LogP contribution is -2.38. The summed E-state index contributed by atoms with van der Waals surface area (Å²) in [6.07, 6.45) is 4.38. The summed E-state index contributed by atoms with van der Waals surface area (Å²) >= 11 is 0. The zero-order valence-electron chi connectivity index (χ0n) is 16.0. The topological polar surface area (TPSA) is 49.5 Å². The number of anilines is 1. The van der Waals surface area contributed by atoms with Crippen LogP contribution in [0, 0.1) is 0 Å². The minimum absolute atomic E-state index is 0.449. The van der Waals surface area contributed by atoms with E-state index in [2.05, 4.69) is 45.7 Å². The fraction of sp³-hybridized carbons (Fsp3) is 0.364. The van der Waals surface area contributed by atoms with E-state index in [1.54, 1.807) is 14.2 Å². The number of piperidine rings is 1. The third-order valence-electron chi connectivity index (χ3n) is 5.42. The number of nitrogens with one attached hydrogen (secondary N) is 2. The fourth-order valence-electron chi connectivity index (χ4n) is 3.89. The van der Waals surface area contributed by atoms with E-state index in [0.29, 0.717) is 6.04 Å². The van der Waals surface area contributed by atoms with Gasteiger partial charge in [-0.25, -0.2) is 0 Å². The van der Waals surface area contributed by atoms with Gasteiger partial charge in [0.2, 0.25) is 0 Å². The number of likely N-dealkylation sites (tertiary alicyclic amines) is 1. The largest absolute Gasteiger partial charge is 0.497 e. The second-order valence-corrected chi connectivity index (χ2v) is 7.12. The van der Waals surface area contributed by atoms with Crippen molar-refractivity contribution in [3.63, 3.8) is 0 Å². The number of rotatable bonds is 6. The van der Waals surface area contributed by atoms with Crippen molar-refractivity contribution >= 4 is 16.6 Å². The van der Waals surface area contributed by atoms with Gasteiger partial charge in [-0.05, 0) is 36.6 Å². The Bertz CT molecular complexity index is 897. The second kappa shape index (κ2) is 7.92. The first-order valence-electron chi connectivity index (χ1n) is 9.52. The Morgan fingerprint density at radius 2 is 1.89 bits per heavy atom. The van der Waals surface area contributed by atoms with Crippen LogP contribution in [0.25, 0.3) is 10.9 Å². The van der Waals surface area contributed by atoms with E-state index < -0.39 is 0 Å². The Morgan fingerprint density at radius 1 is 1.07 bits per heavy atom. The summed E-state index contributed by atoms with van der Waals surface area (Å²) in [6, 6.07) is 14.9. The lowest BCUT2D eigenvalue weighted by Gasteiger charge is -2.33. The Hall–Kier alpha value is -2.66. The van der Waals surface area contributed by atoms with Crippen molar-refractivity contribution in [1.82, 2.24) is 9.88 Å². The molecular weight excluding hydrogens is 338 g/mol. The van der Waals surface area contributed by atoms with Gasteiger partial charge in [0, 0.05) is 48.8 Å². The van der Waals surface area contributed by atoms with Crippen molar-refractivity contribution in [2.24, 2.45) is 0 Å². The van der Waals surface area contributed by atoms with Crippen LogP contribution in [-0.4, -0.2) is 43.2 Å². The minimum atomic E-state index is 0.449. The molecule has 0 saturated carbocycles. The number of para-hydroxylation sites is 1. The molecule has 0 amide bonds. The van der Waals surface area contributed by atoms with Crippen LogP contribution in [0.4, 0.5) is 5.69 Å². The minimum Gasteiger partial charge on any atom is -0.497 e. The highest BCUT2D eigenvalue weighted by atomic mass is 16.5. The zero-order valence-corrected chi connectivity index (χ0v) is 16.0. The van der Waals surface area contributed by atoms with Gasteiger partial charge in [0.25, 0.3) is 0 Å². The predicted molar refractivity (Wildman–Crippen MR) is 110 cm³/mol. The van der Waals surface area contributed by atoms with Gasteiger partial charge < -0.3 is 19.8 Å². The molecule has 2 heterocycles. The summed E-state index contributed by atoms with van der Waals surface area (Å²) in [7, 11) is 3.39. The Balaban J connectivity index is 1.37. The molecule has 0 unspecified atom stereocenters. The lowest BCUT2D eigenvalue weighted by molar-refractivity contribution is 0.212. The fourth-order valence-corrected chi connectivity index (χ4v) is 3.89. The van der Waals surface area contributed by atoms with Crippen molar-refractivity contribution in [3.8, 4) is 11.5 Å². The van der Waals surface area contributed by atoms with Crippen LogP contribution in [-0.2, 0) is 6.54 Å². The third-order valence-corrected chi connectivity index (χ3v) is 5.42. The Morgan fingerprint density at radius 3 is 2.67 bits per heavy atom. The number of benzene rings is 2. The summed E-state index contributed by atoms with van der Waals surface area (Å²) < 4.78 is 10.8. The first-order chi connectivity index (χ1) is 13.3. The number of hydrogen-bond acceptors (Lipinski definition) is 4. The molecule has 142 valence electrons. The molecule has 5 nitrogen and oxygen atoms in total. The zero-order chi connectivity index (χ0) is 18.6. The van der Waals surface area contributed by atoms with Gasteiger partial charge in [0.15, 0.2) is 0 Å². The third kappa shape index (κ3) is 3.88. The first kappa shape index (κ1) is 17.7. The van der Waals surface area contributed by atoms with Crippen molar-refractivity contribution in [1.29, 1.82) is 0 Å². The monoisotopic (exact) mass is 365 g/mol. The molecule has 0 spiro atoms. The average molecular weight is 365 g/mol. The summed E-state index contributed by atoms with van der Waals surface area (Å²) in [5.41, 5.74) is 3.60. The SMILES string of the molecule is COc1ccc(OC)c(NC2CCN(Cc3c[nH]c4ccccc34)CC2)c1. The van der Waals surface area contributed by atoms with E-state index in [-0.39, 0.29) is 0 Å². The number of methoxy groups -OCH3 is 2. The predicted octanol–water partition coefficient (Wildman–Crippen LogP) is 4.26. The number of aromatic amines is 1. The van der Waals surface area contributed by atoms with E-state index in [4.69, 9.17) is 9.47 Å². The first-order valence-corrected chi connectivity index (χ1v) is 9.52. The van der Waals surface area contributed by atoms with E-state index in [1.807, 2.05) is 18.2 Å². The van der Waals surface area contributed by atoms with Crippen LogP contribution in [0.5, 0.6) is 11.5 Å². The second-order valence-electron chi connectivity index (χ2n) is 7.12. The van der Waals surface area contributed by atoms with Gasteiger partial charge in [-0.1, -0.05) is 18.2 Å². The Kier molecular flexibility index (Phi) is 5.21. The van der Waals surface area contributed by atoms with Crippen LogP contribution >= 0.6 is 0 Å². The maximum absolute atomic E-state index is 5.49. The molecule has 3 aromatic rings. The molecule has 0 atom stereocenters. The molecule has 0 bridgehead atoms. The van der Waals surface area contributed by atoms with Crippen LogP contribution in [0.3, 0.4) is 0 Å². The summed E-state index contributed by atoms with van der Waals surface area (Å²) in [4.78, 5) is 5.92. The molecule has 5 heteroatoms. The number of H-pyrrole nitrogens is 1. The molecule has 1 aliphatic rings. The summed E-state index contributed by atoms with van der Waals surface area (Å²) in [6.45, 7) is 3.17. The Labute approximate surface area is 160 Å². The van der Waals surface area contributed by atoms with Crippen LogP contribution in [0.2, 0.25) is 0 Å². The highest BCUT2D eigenvalue weighted by molar-refractivity contribution is 5.82. The molecule has 1 saturated heterocycles. The molecule has 4 rings (SSSR count). The highest BCUT2D eigenvalue weighted by Gasteiger charge is 2.21. The van der Waals surface area contributed by atoms with Gasteiger partial charge in [0.05, 0.1) is 19.9 Å². The van der Waals surface area contributed by atoms with Crippen LogP contribution < -0.4 is 14.8 Å². The maximum Gasteiger partial charge on any atom is 0.142 e. The summed E-state index contributed by atoms with van der Waals surface area (Å²) in [5.74, 6) is 1.70. The standard InChI is InChI=1S/C22H27N3O2/c1-26-18-7-8-22(27-2)21(13-18)24-17-9-11-25(12-10-17)15-16-14-23-20-6-4-3-5-19(16)20/h3-8,13-14,17,23-24H,9-12,15H2,1-2H3.